The molecule has 0 fully saturated rings. The maximum absolute atomic E-state index is 6.04. The highest BCUT2D eigenvalue weighted by Gasteiger charge is 2.20. The first kappa shape index (κ1) is 14.2. The van der Waals surface area contributed by atoms with Gasteiger partial charge in [-0.2, -0.15) is 0 Å². The highest BCUT2D eigenvalue weighted by molar-refractivity contribution is 6.31. The average molecular weight is 304 g/mol. The zero-order chi connectivity index (χ0) is 14.8. The van der Waals surface area contributed by atoms with E-state index in [1.165, 1.54) is 0 Å². The maximum Gasteiger partial charge on any atom is 0.134 e. The molecule has 1 N–H and O–H groups in total. The van der Waals surface area contributed by atoms with E-state index in [9.17, 15) is 0 Å². The molecular formula is C16H18ClN3O. The summed E-state index contributed by atoms with van der Waals surface area (Å²) < 4.78 is 8.01. The third-order valence-electron chi connectivity index (χ3n) is 3.53. The van der Waals surface area contributed by atoms with E-state index in [0.717, 1.165) is 35.4 Å². The van der Waals surface area contributed by atoms with Crippen LogP contribution in [0.2, 0.25) is 5.02 Å². The first-order valence-electron chi connectivity index (χ1n) is 7.07. The van der Waals surface area contributed by atoms with E-state index in [4.69, 9.17) is 16.0 Å². The van der Waals surface area contributed by atoms with Gasteiger partial charge >= 0.3 is 0 Å². The molecular weight excluding hydrogens is 286 g/mol. The van der Waals surface area contributed by atoms with E-state index in [1.54, 1.807) is 6.33 Å². The van der Waals surface area contributed by atoms with Crippen molar-refractivity contribution in [2.45, 2.75) is 19.4 Å². The topological polar surface area (TPSA) is 43.0 Å². The van der Waals surface area contributed by atoms with Crippen LogP contribution in [0.5, 0.6) is 0 Å². The van der Waals surface area contributed by atoms with E-state index in [0.29, 0.717) is 5.02 Å². The van der Waals surface area contributed by atoms with Crippen LogP contribution in [0.4, 0.5) is 0 Å². The van der Waals surface area contributed by atoms with Crippen molar-refractivity contribution in [2.24, 2.45) is 7.05 Å². The number of imidazole rings is 1. The average Bonchev–Trinajstić information content (AvgIpc) is 3.06. The maximum atomic E-state index is 6.04. The fourth-order valence-electron chi connectivity index (χ4n) is 2.46. The molecule has 5 heteroatoms. The number of aryl methyl sites for hydroxylation is 1. The summed E-state index contributed by atoms with van der Waals surface area (Å²) in [7, 11) is 1.99. The van der Waals surface area contributed by atoms with Crippen molar-refractivity contribution in [1.29, 1.82) is 0 Å². The molecule has 0 bridgehead atoms. The molecule has 110 valence electrons. The van der Waals surface area contributed by atoms with Crippen molar-refractivity contribution in [3.05, 3.63) is 53.3 Å². The lowest BCUT2D eigenvalue weighted by Gasteiger charge is -2.16. The van der Waals surface area contributed by atoms with Crippen LogP contribution < -0.4 is 5.32 Å². The third kappa shape index (κ3) is 2.82. The van der Waals surface area contributed by atoms with Crippen molar-refractivity contribution in [1.82, 2.24) is 14.9 Å². The minimum absolute atomic E-state index is 0.0105. The standard InChI is InChI=1S/C16H18ClN3O/c1-3-6-19-16(13-9-18-10-20(13)2)15-8-11-7-12(17)4-5-14(11)21-15/h4-5,7-10,16,19H,3,6H2,1-2H3. The molecule has 0 aliphatic heterocycles. The van der Waals surface area contributed by atoms with E-state index >= 15 is 0 Å². The van der Waals surface area contributed by atoms with Gasteiger partial charge in [0.05, 0.1) is 18.2 Å². The summed E-state index contributed by atoms with van der Waals surface area (Å²) in [6, 6.07) is 7.70. The van der Waals surface area contributed by atoms with Crippen LogP contribution in [0.1, 0.15) is 30.8 Å². The molecule has 4 nitrogen and oxygen atoms in total. The number of fused-ring (bicyclic) bond motifs is 1. The Hall–Kier alpha value is -1.78. The molecule has 2 heterocycles. The van der Waals surface area contributed by atoms with Gasteiger partial charge in [0.2, 0.25) is 0 Å². The third-order valence-corrected chi connectivity index (χ3v) is 3.77. The zero-order valence-corrected chi connectivity index (χ0v) is 12.9. The van der Waals surface area contributed by atoms with Crippen LogP contribution in [-0.2, 0) is 7.05 Å². The van der Waals surface area contributed by atoms with Crippen molar-refractivity contribution in [2.75, 3.05) is 6.54 Å². The monoisotopic (exact) mass is 303 g/mol. The molecule has 1 unspecified atom stereocenters. The predicted octanol–water partition coefficient (Wildman–Crippen LogP) is 3.91. The van der Waals surface area contributed by atoms with Gasteiger partial charge in [-0.1, -0.05) is 18.5 Å². The van der Waals surface area contributed by atoms with Crippen molar-refractivity contribution < 1.29 is 4.42 Å². The van der Waals surface area contributed by atoms with Crippen LogP contribution in [0.3, 0.4) is 0 Å². The number of aromatic nitrogens is 2. The lowest BCUT2D eigenvalue weighted by Crippen LogP contribution is -2.24. The Morgan fingerprint density at radius 1 is 1.38 bits per heavy atom. The van der Waals surface area contributed by atoms with E-state index < -0.39 is 0 Å². The lowest BCUT2D eigenvalue weighted by molar-refractivity contribution is 0.457. The molecule has 0 spiro atoms. The summed E-state index contributed by atoms with van der Waals surface area (Å²) in [4.78, 5) is 4.20. The molecule has 0 aliphatic carbocycles. The largest absolute Gasteiger partial charge is 0.459 e. The normalized spacial score (nSPS) is 12.9. The second kappa shape index (κ2) is 5.92. The van der Waals surface area contributed by atoms with Gasteiger partial charge in [-0.15, -0.1) is 0 Å². The van der Waals surface area contributed by atoms with E-state index in [2.05, 4.69) is 17.2 Å². The number of nitrogens with zero attached hydrogens (tertiary/aromatic N) is 2. The summed E-state index contributed by atoms with van der Waals surface area (Å²) in [5.74, 6) is 0.879. The van der Waals surface area contributed by atoms with E-state index in [-0.39, 0.29) is 6.04 Å². The van der Waals surface area contributed by atoms with Gasteiger partial charge in [0, 0.05) is 17.5 Å². The molecule has 3 rings (SSSR count). The molecule has 21 heavy (non-hydrogen) atoms. The smallest absolute Gasteiger partial charge is 0.134 e. The second-order valence-electron chi connectivity index (χ2n) is 5.15. The molecule has 2 aromatic heterocycles. The van der Waals surface area contributed by atoms with Gasteiger partial charge in [0.25, 0.3) is 0 Å². The van der Waals surface area contributed by atoms with Gasteiger partial charge in [-0.05, 0) is 37.2 Å². The summed E-state index contributed by atoms with van der Waals surface area (Å²) in [5.41, 5.74) is 1.92. The van der Waals surface area contributed by atoms with Crippen molar-refractivity contribution >= 4 is 22.6 Å². The summed E-state index contributed by atoms with van der Waals surface area (Å²) in [6.45, 7) is 3.05. The van der Waals surface area contributed by atoms with Gasteiger partial charge < -0.3 is 14.3 Å². The van der Waals surface area contributed by atoms with Crippen LogP contribution in [-0.4, -0.2) is 16.1 Å². The number of furan rings is 1. The Morgan fingerprint density at radius 3 is 2.95 bits per heavy atom. The Labute approximate surface area is 128 Å². The highest BCUT2D eigenvalue weighted by atomic mass is 35.5. The fraction of sp³-hybridized carbons (Fsp3) is 0.312. The molecule has 0 saturated carbocycles. The Balaban J connectivity index is 2.03. The number of benzene rings is 1. The Kier molecular flexibility index (Phi) is 3.99. The molecule has 1 atom stereocenters. The molecule has 0 amide bonds. The SMILES string of the molecule is CCCNC(c1cc2cc(Cl)ccc2o1)c1cncn1C. The van der Waals surface area contributed by atoms with Crippen LogP contribution in [0.15, 0.2) is 41.2 Å². The molecule has 0 aliphatic rings. The minimum Gasteiger partial charge on any atom is -0.459 e. The summed E-state index contributed by atoms with van der Waals surface area (Å²) in [6.07, 6.45) is 4.73. The Bertz CT molecular complexity index is 747. The quantitative estimate of drug-likeness (QED) is 0.777. The number of hydrogen-bond acceptors (Lipinski definition) is 3. The van der Waals surface area contributed by atoms with Crippen LogP contribution in [0, 0.1) is 0 Å². The Morgan fingerprint density at radius 2 is 2.24 bits per heavy atom. The highest BCUT2D eigenvalue weighted by Crippen LogP contribution is 2.29. The number of halogens is 1. The molecule has 3 aromatic rings. The molecule has 1 aromatic carbocycles. The van der Waals surface area contributed by atoms with Gasteiger partial charge in [0.1, 0.15) is 17.4 Å². The van der Waals surface area contributed by atoms with Crippen LogP contribution >= 0.6 is 11.6 Å². The number of nitrogens with one attached hydrogen (secondary N) is 1. The van der Waals surface area contributed by atoms with Gasteiger partial charge in [-0.25, -0.2) is 4.98 Å². The first-order chi connectivity index (χ1) is 10.2. The van der Waals surface area contributed by atoms with Gasteiger partial charge in [0.15, 0.2) is 0 Å². The molecule has 0 radical (unpaired) electrons. The van der Waals surface area contributed by atoms with Crippen molar-refractivity contribution in [3.63, 3.8) is 0 Å². The minimum atomic E-state index is -0.0105. The van der Waals surface area contributed by atoms with Gasteiger partial charge in [-0.3, -0.25) is 0 Å². The predicted molar refractivity (Wildman–Crippen MR) is 84.6 cm³/mol. The van der Waals surface area contributed by atoms with Crippen molar-refractivity contribution in [3.8, 4) is 0 Å². The summed E-state index contributed by atoms with van der Waals surface area (Å²) in [5, 5.41) is 5.25. The second-order valence-corrected chi connectivity index (χ2v) is 5.58. The van der Waals surface area contributed by atoms with E-state index in [1.807, 2.05) is 42.1 Å². The zero-order valence-electron chi connectivity index (χ0n) is 12.1. The lowest BCUT2D eigenvalue weighted by atomic mass is 10.1. The molecule has 0 saturated heterocycles. The number of rotatable bonds is 5. The fourth-order valence-corrected chi connectivity index (χ4v) is 2.64. The summed E-state index contributed by atoms with van der Waals surface area (Å²) >= 11 is 6.04. The first-order valence-corrected chi connectivity index (χ1v) is 7.45. The van der Waals surface area contributed by atoms with Crippen LogP contribution in [0.25, 0.3) is 11.0 Å². The number of hydrogen-bond donors (Lipinski definition) is 1.